The lowest BCUT2D eigenvalue weighted by Gasteiger charge is -2.27. The van der Waals surface area contributed by atoms with E-state index in [4.69, 9.17) is 4.74 Å². The molecule has 1 fully saturated rings. The van der Waals surface area contributed by atoms with E-state index in [9.17, 15) is 13.6 Å². The van der Waals surface area contributed by atoms with Crippen molar-refractivity contribution in [2.24, 2.45) is 5.92 Å². The molecule has 1 aliphatic heterocycles. The Morgan fingerprint density at radius 3 is 2.71 bits per heavy atom. The first kappa shape index (κ1) is 15.1. The van der Waals surface area contributed by atoms with Crippen LogP contribution in [0, 0.1) is 5.92 Å². The lowest BCUT2D eigenvalue weighted by Crippen LogP contribution is -2.41. The van der Waals surface area contributed by atoms with Gasteiger partial charge in [0.15, 0.2) is 0 Å². The highest BCUT2D eigenvalue weighted by molar-refractivity contribution is 5.93. The van der Waals surface area contributed by atoms with Crippen LogP contribution in [0.1, 0.15) is 22.6 Å². The Labute approximate surface area is 137 Å². The Kier molecular flexibility index (Phi) is 3.51. The van der Waals surface area contributed by atoms with Gasteiger partial charge >= 0.3 is 0 Å². The zero-order valence-corrected chi connectivity index (χ0v) is 13.0. The molecule has 0 radical (unpaired) electrons. The summed E-state index contributed by atoms with van der Waals surface area (Å²) in [6.45, 7) is 1.31. The molecule has 4 rings (SSSR count). The van der Waals surface area contributed by atoms with Gasteiger partial charge < -0.3 is 9.64 Å². The number of carbonyl (C=O) groups excluding carboxylic acids is 1. The molecular formula is C17H17F2N3O2. The maximum atomic E-state index is 13.1. The van der Waals surface area contributed by atoms with Gasteiger partial charge in [-0.25, -0.2) is 8.78 Å². The van der Waals surface area contributed by atoms with Crippen LogP contribution in [-0.4, -0.2) is 39.6 Å². The van der Waals surface area contributed by atoms with Crippen molar-refractivity contribution in [2.75, 3.05) is 13.1 Å². The Balaban J connectivity index is 1.42. The fourth-order valence-corrected chi connectivity index (χ4v) is 2.94. The van der Waals surface area contributed by atoms with Crippen LogP contribution in [0.5, 0.6) is 5.75 Å². The largest absolute Gasteiger partial charge is 0.487 e. The summed E-state index contributed by atoms with van der Waals surface area (Å²) in [6, 6.07) is 11.0. The first-order valence-electron chi connectivity index (χ1n) is 7.94. The SMILES string of the molecule is O=C1c2cc(COc3ccccc3)nn2CCN1C[C@@H]1CC1(F)F. The zero-order valence-electron chi connectivity index (χ0n) is 13.0. The summed E-state index contributed by atoms with van der Waals surface area (Å²) in [7, 11) is 0. The number of hydrogen-bond acceptors (Lipinski definition) is 3. The van der Waals surface area contributed by atoms with Crippen molar-refractivity contribution in [1.29, 1.82) is 0 Å². The molecule has 2 heterocycles. The van der Waals surface area contributed by atoms with Crippen LogP contribution < -0.4 is 4.74 Å². The van der Waals surface area contributed by atoms with Crippen molar-refractivity contribution in [2.45, 2.75) is 25.5 Å². The average Bonchev–Trinajstić information content (AvgIpc) is 2.98. The highest BCUT2D eigenvalue weighted by Gasteiger charge is 2.57. The molecule has 1 aliphatic carbocycles. The monoisotopic (exact) mass is 333 g/mol. The van der Waals surface area contributed by atoms with Gasteiger partial charge in [0.05, 0.1) is 6.54 Å². The number of hydrogen-bond donors (Lipinski definition) is 0. The van der Waals surface area contributed by atoms with Crippen molar-refractivity contribution in [3.05, 3.63) is 47.8 Å². The van der Waals surface area contributed by atoms with Gasteiger partial charge in [-0.3, -0.25) is 9.48 Å². The lowest BCUT2D eigenvalue weighted by atomic mass is 10.2. The number of amides is 1. The summed E-state index contributed by atoms with van der Waals surface area (Å²) in [5.74, 6) is -2.81. The van der Waals surface area contributed by atoms with E-state index < -0.39 is 11.8 Å². The number of benzene rings is 1. The first-order chi connectivity index (χ1) is 11.5. The summed E-state index contributed by atoms with van der Waals surface area (Å²) in [4.78, 5) is 14.0. The fraction of sp³-hybridized carbons (Fsp3) is 0.412. The molecule has 0 spiro atoms. The van der Waals surface area contributed by atoms with Gasteiger partial charge in [0.1, 0.15) is 23.7 Å². The molecule has 2 aliphatic rings. The van der Waals surface area contributed by atoms with Crippen molar-refractivity contribution in [3.8, 4) is 5.75 Å². The van der Waals surface area contributed by atoms with Crippen molar-refractivity contribution < 1.29 is 18.3 Å². The second kappa shape index (κ2) is 5.58. The van der Waals surface area contributed by atoms with Crippen molar-refractivity contribution in [1.82, 2.24) is 14.7 Å². The van der Waals surface area contributed by atoms with Crippen LogP contribution in [0.15, 0.2) is 36.4 Å². The maximum absolute atomic E-state index is 13.1. The van der Waals surface area contributed by atoms with Crippen LogP contribution >= 0.6 is 0 Å². The van der Waals surface area contributed by atoms with E-state index in [1.807, 2.05) is 30.3 Å². The Morgan fingerprint density at radius 2 is 2.00 bits per heavy atom. The molecule has 7 heteroatoms. The van der Waals surface area contributed by atoms with Gasteiger partial charge in [-0.15, -0.1) is 0 Å². The Hall–Kier alpha value is -2.44. The zero-order chi connectivity index (χ0) is 16.7. The van der Waals surface area contributed by atoms with E-state index in [1.165, 1.54) is 4.90 Å². The van der Waals surface area contributed by atoms with Gasteiger partial charge in [-0.05, 0) is 18.2 Å². The highest BCUT2D eigenvalue weighted by atomic mass is 19.3. The van der Waals surface area contributed by atoms with Crippen LogP contribution in [-0.2, 0) is 13.2 Å². The number of para-hydroxylation sites is 1. The number of alkyl halides is 2. The van der Waals surface area contributed by atoms with Crippen molar-refractivity contribution in [3.63, 3.8) is 0 Å². The molecule has 0 N–H and O–H groups in total. The molecular weight excluding hydrogens is 316 g/mol. The number of rotatable bonds is 5. The van der Waals surface area contributed by atoms with Crippen LogP contribution in [0.2, 0.25) is 0 Å². The van der Waals surface area contributed by atoms with Crippen LogP contribution in [0.3, 0.4) is 0 Å². The highest BCUT2D eigenvalue weighted by Crippen LogP contribution is 2.49. The second-order valence-electron chi connectivity index (χ2n) is 6.26. The molecule has 0 bridgehead atoms. The second-order valence-corrected chi connectivity index (χ2v) is 6.26. The van der Waals surface area contributed by atoms with E-state index in [0.29, 0.717) is 24.5 Å². The molecule has 0 saturated heterocycles. The van der Waals surface area contributed by atoms with E-state index in [-0.39, 0.29) is 25.5 Å². The lowest BCUT2D eigenvalue weighted by molar-refractivity contribution is 0.0602. The van der Waals surface area contributed by atoms with Gasteiger partial charge in [0.2, 0.25) is 0 Å². The third-order valence-electron chi connectivity index (χ3n) is 4.45. The fourth-order valence-electron chi connectivity index (χ4n) is 2.94. The number of fused-ring (bicyclic) bond motifs is 1. The molecule has 24 heavy (non-hydrogen) atoms. The first-order valence-corrected chi connectivity index (χ1v) is 7.94. The minimum absolute atomic E-state index is 0.118. The predicted molar refractivity (Wildman–Crippen MR) is 82.0 cm³/mol. The quantitative estimate of drug-likeness (QED) is 0.845. The normalized spacial score (nSPS) is 21.5. The minimum Gasteiger partial charge on any atom is -0.487 e. The molecule has 126 valence electrons. The summed E-state index contributed by atoms with van der Waals surface area (Å²) < 4.78 is 33.4. The molecule has 5 nitrogen and oxygen atoms in total. The van der Waals surface area contributed by atoms with Crippen molar-refractivity contribution >= 4 is 5.91 Å². The summed E-state index contributed by atoms with van der Waals surface area (Å²) >= 11 is 0. The molecule has 1 aromatic heterocycles. The average molecular weight is 333 g/mol. The molecule has 1 aromatic carbocycles. The van der Waals surface area contributed by atoms with Gasteiger partial charge in [0.25, 0.3) is 11.8 Å². The predicted octanol–water partition coefficient (Wildman–Crippen LogP) is 2.57. The summed E-state index contributed by atoms with van der Waals surface area (Å²) in [5, 5.41) is 4.37. The van der Waals surface area contributed by atoms with E-state index in [0.717, 1.165) is 5.75 Å². The minimum atomic E-state index is -2.60. The topological polar surface area (TPSA) is 47.4 Å². The van der Waals surface area contributed by atoms with Crippen LogP contribution in [0.25, 0.3) is 0 Å². The smallest absolute Gasteiger partial charge is 0.272 e. The van der Waals surface area contributed by atoms with Gasteiger partial charge in [-0.2, -0.15) is 5.10 Å². The van der Waals surface area contributed by atoms with Gasteiger partial charge in [0, 0.05) is 25.4 Å². The number of aromatic nitrogens is 2. The molecule has 0 unspecified atom stereocenters. The number of nitrogens with zero attached hydrogens (tertiary/aromatic N) is 3. The van der Waals surface area contributed by atoms with E-state index in [2.05, 4.69) is 5.10 Å². The third-order valence-corrected chi connectivity index (χ3v) is 4.45. The molecule has 2 aromatic rings. The number of ether oxygens (including phenoxy) is 1. The van der Waals surface area contributed by atoms with E-state index in [1.54, 1.807) is 10.7 Å². The Bertz CT molecular complexity index is 760. The molecule has 1 atom stereocenters. The van der Waals surface area contributed by atoms with Gasteiger partial charge in [-0.1, -0.05) is 18.2 Å². The Morgan fingerprint density at radius 1 is 1.25 bits per heavy atom. The summed E-state index contributed by atoms with van der Waals surface area (Å²) in [6.07, 6.45) is -0.119. The molecule has 1 amide bonds. The standard InChI is InChI=1S/C17H17F2N3O2/c18-17(19)9-12(17)10-21-6-7-22-15(16(21)23)8-13(20-22)11-24-14-4-2-1-3-5-14/h1-5,8,12H,6-7,9-11H2/t12-/m0/s1. The number of carbonyl (C=O) groups is 1. The third kappa shape index (κ3) is 2.86. The maximum Gasteiger partial charge on any atom is 0.272 e. The number of halogens is 2. The molecule has 1 saturated carbocycles. The summed E-state index contributed by atoms with van der Waals surface area (Å²) in [5.41, 5.74) is 1.10. The van der Waals surface area contributed by atoms with E-state index >= 15 is 0 Å². The van der Waals surface area contributed by atoms with Crippen LogP contribution in [0.4, 0.5) is 8.78 Å².